The molecule has 0 bridgehead atoms. The molecule has 0 spiro atoms. The zero-order chi connectivity index (χ0) is 26.7. The van der Waals surface area contributed by atoms with Gasteiger partial charge in [-0.2, -0.15) is 0 Å². The molecule has 37 heavy (non-hydrogen) atoms. The van der Waals surface area contributed by atoms with Gasteiger partial charge in [0.05, 0.1) is 11.2 Å². The van der Waals surface area contributed by atoms with Gasteiger partial charge in [-0.3, -0.25) is 14.6 Å². The number of pyridine rings is 1. The van der Waals surface area contributed by atoms with Crippen LogP contribution in [0.4, 0.5) is 10.5 Å². The van der Waals surface area contributed by atoms with Gasteiger partial charge in [-0.1, -0.05) is 55.0 Å². The summed E-state index contributed by atoms with van der Waals surface area (Å²) in [7, 11) is 0. The van der Waals surface area contributed by atoms with E-state index in [-0.39, 0.29) is 11.8 Å². The van der Waals surface area contributed by atoms with Crippen LogP contribution in [0.2, 0.25) is 0 Å². The molecule has 1 aromatic heterocycles. The molecule has 0 saturated carbocycles. The Bertz CT molecular complexity index is 1190. The number of alkyl carbamates (subject to hydrolysis) is 1. The maximum atomic E-state index is 12.8. The summed E-state index contributed by atoms with van der Waals surface area (Å²) in [6.45, 7) is 5.78. The number of benzene rings is 2. The van der Waals surface area contributed by atoms with E-state index in [9.17, 15) is 14.4 Å². The van der Waals surface area contributed by atoms with Crippen molar-refractivity contribution in [2.24, 2.45) is 0 Å². The minimum absolute atomic E-state index is 0.0633. The fourth-order valence-electron chi connectivity index (χ4n) is 3.85. The third kappa shape index (κ3) is 9.56. The topological polar surface area (TPSA) is 109 Å². The molecule has 0 aliphatic rings. The fourth-order valence-corrected chi connectivity index (χ4v) is 3.85. The van der Waals surface area contributed by atoms with Crippen molar-refractivity contribution in [3.63, 3.8) is 0 Å². The third-order valence-electron chi connectivity index (χ3n) is 5.58. The highest BCUT2D eigenvalue weighted by Crippen LogP contribution is 2.21. The number of nitrogens with zero attached hydrogens (tertiary/aromatic N) is 1. The van der Waals surface area contributed by atoms with Gasteiger partial charge in [-0.15, -0.1) is 0 Å². The number of hydrogen-bond acceptors (Lipinski definition) is 5. The van der Waals surface area contributed by atoms with E-state index in [0.29, 0.717) is 31.5 Å². The SMILES string of the molecule is CC(C)(C)OC(=O)N[C@@H](Cc1ccccc1)C(=O)NCCCCCC(=O)Nc1cccc2cccnc12. The number of amides is 3. The van der Waals surface area contributed by atoms with Crippen molar-refractivity contribution < 1.29 is 19.1 Å². The molecule has 3 N–H and O–H groups in total. The van der Waals surface area contributed by atoms with Crippen molar-refractivity contribution in [2.45, 2.75) is 64.5 Å². The molecular formula is C29H36N4O4. The van der Waals surface area contributed by atoms with Gasteiger partial charge in [-0.25, -0.2) is 4.79 Å². The number of anilines is 1. The molecule has 1 atom stereocenters. The Hall–Kier alpha value is -3.94. The van der Waals surface area contributed by atoms with Gasteiger partial charge in [0.2, 0.25) is 11.8 Å². The second-order valence-corrected chi connectivity index (χ2v) is 9.92. The molecule has 0 saturated heterocycles. The summed E-state index contributed by atoms with van der Waals surface area (Å²) < 4.78 is 5.33. The smallest absolute Gasteiger partial charge is 0.408 e. The van der Waals surface area contributed by atoms with Crippen LogP contribution in [0.1, 0.15) is 52.0 Å². The van der Waals surface area contributed by atoms with Gasteiger partial charge in [0.15, 0.2) is 0 Å². The first kappa shape index (κ1) is 27.6. The number of para-hydroxylation sites is 1. The van der Waals surface area contributed by atoms with Gasteiger partial charge >= 0.3 is 6.09 Å². The van der Waals surface area contributed by atoms with Crippen LogP contribution in [0.3, 0.4) is 0 Å². The number of aromatic nitrogens is 1. The van der Waals surface area contributed by atoms with Crippen LogP contribution in [0, 0.1) is 0 Å². The zero-order valence-corrected chi connectivity index (χ0v) is 21.8. The molecule has 0 aliphatic carbocycles. The maximum Gasteiger partial charge on any atom is 0.408 e. The highest BCUT2D eigenvalue weighted by Gasteiger charge is 2.24. The van der Waals surface area contributed by atoms with Gasteiger partial charge in [-0.05, 0) is 51.3 Å². The Morgan fingerprint density at radius 3 is 2.43 bits per heavy atom. The summed E-state index contributed by atoms with van der Waals surface area (Å²) in [6, 6.07) is 18.3. The number of carbonyl (C=O) groups excluding carboxylic acids is 3. The van der Waals surface area contributed by atoms with Gasteiger partial charge in [0.1, 0.15) is 11.6 Å². The lowest BCUT2D eigenvalue weighted by molar-refractivity contribution is -0.123. The molecule has 3 rings (SSSR count). The average molecular weight is 505 g/mol. The van der Waals surface area contributed by atoms with E-state index in [4.69, 9.17) is 4.74 Å². The van der Waals surface area contributed by atoms with Crippen molar-refractivity contribution in [3.05, 3.63) is 72.4 Å². The van der Waals surface area contributed by atoms with Crippen LogP contribution in [-0.2, 0) is 20.7 Å². The standard InChI is InChI=1S/C29H36N4O4/c1-29(2,3)37-28(36)33-24(20-21-12-6-4-7-13-21)27(35)31-18-9-5-8-17-25(34)32-23-16-10-14-22-15-11-19-30-26(22)23/h4,6-7,10-16,19,24H,5,8-9,17-18,20H2,1-3H3,(H,31,35)(H,32,34)(H,33,36)/t24-/m0/s1. The molecular weight excluding hydrogens is 468 g/mol. The van der Waals surface area contributed by atoms with E-state index in [1.54, 1.807) is 27.0 Å². The lowest BCUT2D eigenvalue weighted by Gasteiger charge is -2.23. The minimum Gasteiger partial charge on any atom is -0.444 e. The highest BCUT2D eigenvalue weighted by molar-refractivity contribution is 6.00. The van der Waals surface area contributed by atoms with Crippen molar-refractivity contribution >= 4 is 34.5 Å². The molecule has 0 unspecified atom stereocenters. The molecule has 1 heterocycles. The summed E-state index contributed by atoms with van der Waals surface area (Å²) in [5.41, 5.74) is 1.75. The molecule has 2 aromatic carbocycles. The van der Waals surface area contributed by atoms with Gasteiger partial charge < -0.3 is 20.7 Å². The summed E-state index contributed by atoms with van der Waals surface area (Å²) >= 11 is 0. The fraction of sp³-hybridized carbons (Fsp3) is 0.379. The Morgan fingerprint density at radius 1 is 0.919 bits per heavy atom. The van der Waals surface area contributed by atoms with E-state index in [2.05, 4.69) is 20.9 Å². The first-order valence-corrected chi connectivity index (χ1v) is 12.7. The van der Waals surface area contributed by atoms with Crippen molar-refractivity contribution in [1.29, 1.82) is 0 Å². The van der Waals surface area contributed by atoms with E-state index in [1.807, 2.05) is 60.7 Å². The van der Waals surface area contributed by atoms with Crippen molar-refractivity contribution in [2.75, 3.05) is 11.9 Å². The molecule has 0 aliphatic heterocycles. The second kappa shape index (κ2) is 13.4. The van der Waals surface area contributed by atoms with E-state index in [1.165, 1.54) is 0 Å². The quantitative estimate of drug-likeness (QED) is 0.319. The number of rotatable bonds is 11. The summed E-state index contributed by atoms with van der Waals surface area (Å²) in [4.78, 5) is 41.9. The van der Waals surface area contributed by atoms with Gasteiger partial charge in [0.25, 0.3) is 0 Å². The summed E-state index contributed by atoms with van der Waals surface area (Å²) in [5, 5.41) is 9.51. The first-order valence-electron chi connectivity index (χ1n) is 12.7. The monoisotopic (exact) mass is 504 g/mol. The van der Waals surface area contributed by atoms with Crippen LogP contribution in [0.15, 0.2) is 66.9 Å². The molecule has 8 heteroatoms. The molecule has 0 fully saturated rings. The van der Waals surface area contributed by atoms with Crippen LogP contribution in [0.25, 0.3) is 10.9 Å². The van der Waals surface area contributed by atoms with Crippen LogP contribution >= 0.6 is 0 Å². The largest absolute Gasteiger partial charge is 0.444 e. The number of ether oxygens (including phenoxy) is 1. The average Bonchev–Trinajstić information content (AvgIpc) is 2.85. The molecule has 8 nitrogen and oxygen atoms in total. The Morgan fingerprint density at radius 2 is 1.68 bits per heavy atom. The van der Waals surface area contributed by atoms with Crippen LogP contribution in [-0.4, -0.2) is 41.1 Å². The predicted molar refractivity (Wildman–Crippen MR) is 145 cm³/mol. The first-order chi connectivity index (χ1) is 17.7. The Kier molecular flexibility index (Phi) is 10.0. The Labute approximate surface area is 218 Å². The second-order valence-electron chi connectivity index (χ2n) is 9.92. The molecule has 0 radical (unpaired) electrons. The lowest BCUT2D eigenvalue weighted by atomic mass is 10.1. The number of fused-ring (bicyclic) bond motifs is 1. The highest BCUT2D eigenvalue weighted by atomic mass is 16.6. The third-order valence-corrected chi connectivity index (χ3v) is 5.58. The molecule has 3 aromatic rings. The van der Waals surface area contributed by atoms with Crippen LogP contribution < -0.4 is 16.0 Å². The zero-order valence-electron chi connectivity index (χ0n) is 21.8. The molecule has 3 amide bonds. The van der Waals surface area contributed by atoms with Crippen molar-refractivity contribution in [1.82, 2.24) is 15.6 Å². The van der Waals surface area contributed by atoms with Crippen LogP contribution in [0.5, 0.6) is 0 Å². The van der Waals surface area contributed by atoms with E-state index < -0.39 is 17.7 Å². The summed E-state index contributed by atoms with van der Waals surface area (Å²) in [5.74, 6) is -0.331. The Balaban J connectivity index is 1.41. The minimum atomic E-state index is -0.752. The van der Waals surface area contributed by atoms with E-state index in [0.717, 1.165) is 29.3 Å². The number of carbonyl (C=O) groups is 3. The number of unbranched alkanes of at least 4 members (excludes halogenated alkanes) is 2. The lowest BCUT2D eigenvalue weighted by Crippen LogP contribution is -2.49. The molecule has 196 valence electrons. The van der Waals surface area contributed by atoms with Crippen molar-refractivity contribution in [3.8, 4) is 0 Å². The van der Waals surface area contributed by atoms with Gasteiger partial charge in [0, 0.05) is 31.0 Å². The predicted octanol–water partition coefficient (Wildman–Crippen LogP) is 4.99. The maximum absolute atomic E-state index is 12.8. The normalized spacial score (nSPS) is 12.0. The van der Waals surface area contributed by atoms with E-state index >= 15 is 0 Å². The number of hydrogen-bond donors (Lipinski definition) is 3. The number of nitrogens with one attached hydrogen (secondary N) is 3. The summed E-state index contributed by atoms with van der Waals surface area (Å²) in [6.07, 6.45) is 4.02.